The van der Waals surface area contributed by atoms with Crippen molar-refractivity contribution in [3.63, 3.8) is 0 Å². The van der Waals surface area contributed by atoms with Crippen LogP contribution in [0.1, 0.15) is 22.4 Å². The topological polar surface area (TPSA) is 63.3 Å². The van der Waals surface area contributed by atoms with E-state index in [1.165, 1.54) is 16.4 Å². The lowest BCUT2D eigenvalue weighted by atomic mass is 9.93. The molecule has 0 aliphatic heterocycles. The Kier molecular flexibility index (Phi) is 2.71. The predicted octanol–water partition coefficient (Wildman–Crippen LogP) is 2.73. The Balaban J connectivity index is 2.40. The van der Waals surface area contributed by atoms with Crippen LogP contribution in [-0.2, 0) is 0 Å². The second-order valence-electron chi connectivity index (χ2n) is 5.14. The first kappa shape index (κ1) is 12.6. The van der Waals surface area contributed by atoms with Crippen molar-refractivity contribution in [1.82, 2.24) is 19.6 Å². The number of rotatable bonds is 1. The van der Waals surface area contributed by atoms with Crippen molar-refractivity contribution in [3.05, 3.63) is 40.8 Å². The second kappa shape index (κ2) is 4.30. The molecular formula is C15H16N4O. The first-order valence-corrected chi connectivity index (χ1v) is 6.46. The Morgan fingerprint density at radius 3 is 2.30 bits per heavy atom. The number of aromatic nitrogens is 4. The normalized spacial score (nSPS) is 11.2. The van der Waals surface area contributed by atoms with Gasteiger partial charge in [-0.05, 0) is 44.4 Å². The molecule has 102 valence electrons. The maximum atomic E-state index is 10.5. The van der Waals surface area contributed by atoms with Crippen LogP contribution >= 0.6 is 0 Å². The maximum Gasteiger partial charge on any atom is 0.255 e. The Morgan fingerprint density at radius 1 is 1.00 bits per heavy atom. The molecule has 0 atom stereocenters. The van der Waals surface area contributed by atoms with Crippen molar-refractivity contribution in [3.8, 4) is 17.0 Å². The lowest BCUT2D eigenvalue weighted by Crippen LogP contribution is -2.01. The molecule has 20 heavy (non-hydrogen) atoms. The van der Waals surface area contributed by atoms with Crippen LogP contribution in [0.2, 0.25) is 0 Å². The summed E-state index contributed by atoms with van der Waals surface area (Å²) in [4.78, 5) is 8.42. The molecule has 1 N–H and O–H groups in total. The van der Waals surface area contributed by atoms with Gasteiger partial charge in [0.05, 0.1) is 11.3 Å². The van der Waals surface area contributed by atoms with Gasteiger partial charge in [-0.15, -0.1) is 0 Å². The predicted molar refractivity (Wildman–Crippen MR) is 76.8 cm³/mol. The van der Waals surface area contributed by atoms with Crippen molar-refractivity contribution in [2.24, 2.45) is 0 Å². The second-order valence-corrected chi connectivity index (χ2v) is 5.14. The molecule has 1 aromatic carbocycles. The largest absolute Gasteiger partial charge is 0.493 e. The third-order valence-electron chi connectivity index (χ3n) is 3.51. The highest BCUT2D eigenvalue weighted by Crippen LogP contribution is 2.36. The molecule has 5 nitrogen and oxygen atoms in total. The zero-order valence-corrected chi connectivity index (χ0v) is 12.0. The Morgan fingerprint density at radius 2 is 1.65 bits per heavy atom. The van der Waals surface area contributed by atoms with Gasteiger partial charge in [-0.1, -0.05) is 17.7 Å². The molecule has 3 aromatic rings. The molecule has 0 amide bonds. The van der Waals surface area contributed by atoms with E-state index in [-0.39, 0.29) is 5.88 Å². The summed E-state index contributed by atoms with van der Waals surface area (Å²) in [5.41, 5.74) is 5.91. The van der Waals surface area contributed by atoms with E-state index in [0.717, 1.165) is 27.9 Å². The number of hydrogen-bond donors (Lipinski definition) is 1. The van der Waals surface area contributed by atoms with E-state index < -0.39 is 0 Å². The molecule has 0 radical (unpaired) electrons. The molecule has 0 unspecified atom stereocenters. The van der Waals surface area contributed by atoms with E-state index in [2.05, 4.69) is 34.1 Å². The lowest BCUT2D eigenvalue weighted by molar-refractivity contribution is 0.437. The molecule has 0 spiro atoms. The van der Waals surface area contributed by atoms with Crippen LogP contribution in [0.4, 0.5) is 0 Å². The van der Waals surface area contributed by atoms with Gasteiger partial charge in [-0.2, -0.15) is 14.6 Å². The van der Waals surface area contributed by atoms with E-state index in [4.69, 9.17) is 0 Å². The zero-order chi connectivity index (χ0) is 14.4. The molecule has 5 heteroatoms. The first-order chi connectivity index (χ1) is 9.49. The summed E-state index contributed by atoms with van der Waals surface area (Å²) >= 11 is 0. The minimum atomic E-state index is 0.0834. The van der Waals surface area contributed by atoms with Crippen LogP contribution in [0, 0.1) is 27.7 Å². The highest BCUT2D eigenvalue weighted by atomic mass is 16.3. The summed E-state index contributed by atoms with van der Waals surface area (Å²) in [6, 6.07) is 4.21. The van der Waals surface area contributed by atoms with Crippen LogP contribution in [0.3, 0.4) is 0 Å². The number of aryl methyl sites for hydroxylation is 4. The Labute approximate surface area is 116 Å². The van der Waals surface area contributed by atoms with Gasteiger partial charge in [-0.3, -0.25) is 0 Å². The SMILES string of the molecule is Cc1cc(C)c(-c2c(C)nc3ncnn3c2O)c(C)c1. The summed E-state index contributed by atoms with van der Waals surface area (Å²) < 4.78 is 1.36. The van der Waals surface area contributed by atoms with E-state index in [9.17, 15) is 5.11 Å². The third kappa shape index (κ3) is 1.74. The van der Waals surface area contributed by atoms with Crippen LogP contribution in [-0.4, -0.2) is 24.7 Å². The zero-order valence-electron chi connectivity index (χ0n) is 12.0. The van der Waals surface area contributed by atoms with Crippen molar-refractivity contribution in [2.45, 2.75) is 27.7 Å². The van der Waals surface area contributed by atoms with Gasteiger partial charge < -0.3 is 5.11 Å². The fourth-order valence-electron chi connectivity index (χ4n) is 2.80. The van der Waals surface area contributed by atoms with Crippen LogP contribution < -0.4 is 0 Å². The highest BCUT2D eigenvalue weighted by molar-refractivity contribution is 5.77. The van der Waals surface area contributed by atoms with Gasteiger partial charge in [0.15, 0.2) is 0 Å². The molecule has 0 saturated heterocycles. The summed E-state index contributed by atoms with van der Waals surface area (Å²) in [7, 11) is 0. The van der Waals surface area contributed by atoms with Gasteiger partial charge in [0.1, 0.15) is 6.33 Å². The summed E-state index contributed by atoms with van der Waals surface area (Å²) in [5.74, 6) is 0.492. The van der Waals surface area contributed by atoms with Crippen molar-refractivity contribution >= 4 is 5.78 Å². The minimum Gasteiger partial charge on any atom is -0.493 e. The number of nitrogens with zero attached hydrogens (tertiary/aromatic N) is 4. The molecule has 2 heterocycles. The van der Waals surface area contributed by atoms with E-state index in [1.807, 2.05) is 20.8 Å². The van der Waals surface area contributed by atoms with Crippen molar-refractivity contribution < 1.29 is 5.11 Å². The fraction of sp³-hybridized carbons (Fsp3) is 0.267. The molecule has 0 bridgehead atoms. The number of benzene rings is 1. The fourth-order valence-corrected chi connectivity index (χ4v) is 2.80. The number of fused-ring (bicyclic) bond motifs is 1. The van der Waals surface area contributed by atoms with Gasteiger partial charge in [0.2, 0.25) is 5.88 Å². The average Bonchev–Trinajstić information content (AvgIpc) is 2.80. The molecule has 0 aliphatic rings. The third-order valence-corrected chi connectivity index (χ3v) is 3.51. The lowest BCUT2D eigenvalue weighted by Gasteiger charge is -2.15. The summed E-state index contributed by atoms with van der Waals surface area (Å²) in [5, 5.41) is 14.5. The Bertz CT molecular complexity index is 797. The van der Waals surface area contributed by atoms with Crippen molar-refractivity contribution in [1.29, 1.82) is 0 Å². The molecule has 0 saturated carbocycles. The highest BCUT2D eigenvalue weighted by Gasteiger charge is 2.18. The van der Waals surface area contributed by atoms with E-state index in [0.29, 0.717) is 5.78 Å². The monoisotopic (exact) mass is 268 g/mol. The minimum absolute atomic E-state index is 0.0834. The smallest absolute Gasteiger partial charge is 0.255 e. The standard InChI is InChI=1S/C15H16N4O/c1-8-5-9(2)12(10(3)6-8)13-11(4)18-15-16-7-17-19(15)14(13)20/h5-7,20H,1-4H3. The van der Waals surface area contributed by atoms with Gasteiger partial charge in [0.25, 0.3) is 5.78 Å². The van der Waals surface area contributed by atoms with Gasteiger partial charge in [0, 0.05) is 0 Å². The van der Waals surface area contributed by atoms with Gasteiger partial charge in [-0.25, -0.2) is 4.98 Å². The number of hydrogen-bond acceptors (Lipinski definition) is 4. The molecular weight excluding hydrogens is 252 g/mol. The average molecular weight is 268 g/mol. The van der Waals surface area contributed by atoms with E-state index >= 15 is 0 Å². The van der Waals surface area contributed by atoms with Crippen LogP contribution in [0.25, 0.3) is 16.9 Å². The molecule has 0 fully saturated rings. The van der Waals surface area contributed by atoms with Crippen molar-refractivity contribution in [2.75, 3.05) is 0 Å². The Hall–Kier alpha value is -2.43. The quantitative estimate of drug-likeness (QED) is 0.737. The summed E-state index contributed by atoms with van der Waals surface area (Å²) in [6.45, 7) is 8.03. The van der Waals surface area contributed by atoms with E-state index in [1.54, 1.807) is 0 Å². The first-order valence-electron chi connectivity index (χ1n) is 6.46. The summed E-state index contributed by atoms with van der Waals surface area (Å²) in [6.07, 6.45) is 1.39. The molecule has 3 rings (SSSR count). The van der Waals surface area contributed by atoms with Crippen LogP contribution in [0.15, 0.2) is 18.5 Å². The van der Waals surface area contributed by atoms with Crippen LogP contribution in [0.5, 0.6) is 5.88 Å². The maximum absolute atomic E-state index is 10.5. The number of aromatic hydroxyl groups is 1. The molecule has 0 aliphatic carbocycles. The van der Waals surface area contributed by atoms with Gasteiger partial charge >= 0.3 is 0 Å². The molecule has 2 aromatic heterocycles.